The molecule has 1 heterocycles. The summed E-state index contributed by atoms with van der Waals surface area (Å²) in [6.07, 6.45) is -4.69. The first-order chi connectivity index (χ1) is 10.6. The molecule has 1 N–H and O–H groups in total. The summed E-state index contributed by atoms with van der Waals surface area (Å²) in [4.78, 5) is 11.5. The van der Waals surface area contributed by atoms with Crippen LogP contribution in [0.25, 0.3) is 0 Å². The van der Waals surface area contributed by atoms with Crippen LogP contribution < -0.4 is 5.32 Å². The van der Waals surface area contributed by atoms with E-state index in [1.54, 1.807) is 0 Å². The number of amides is 1. The van der Waals surface area contributed by atoms with Gasteiger partial charge in [0.15, 0.2) is 9.84 Å². The van der Waals surface area contributed by atoms with Crippen LogP contribution in [0.5, 0.6) is 0 Å². The lowest BCUT2D eigenvalue weighted by Gasteiger charge is -2.04. The Balaban J connectivity index is 2.09. The highest BCUT2D eigenvalue weighted by molar-refractivity contribution is 7.92. The molecule has 2 aromatic rings. The van der Waals surface area contributed by atoms with Crippen LogP contribution in [0.2, 0.25) is 5.02 Å². The van der Waals surface area contributed by atoms with Crippen molar-refractivity contribution in [3.05, 3.63) is 34.3 Å². The minimum atomic E-state index is -4.69. The molecule has 0 bridgehead atoms. The molecule has 1 aromatic heterocycles. The van der Waals surface area contributed by atoms with Crippen molar-refractivity contribution >= 4 is 43.8 Å². The zero-order chi connectivity index (χ0) is 17.3. The quantitative estimate of drug-likeness (QED) is 0.873. The number of aromatic nitrogens is 2. The average molecular weight is 386 g/mol. The fraction of sp³-hybridized carbons (Fsp3) is 0.182. The predicted octanol–water partition coefficient (Wildman–Crippen LogP) is 2.62. The molecule has 0 saturated heterocycles. The highest BCUT2D eigenvalue weighted by Crippen LogP contribution is 2.33. The number of hydrogen-bond donors (Lipinski definition) is 1. The third-order valence-electron chi connectivity index (χ3n) is 2.39. The Morgan fingerprint density at radius 1 is 1.30 bits per heavy atom. The molecule has 23 heavy (non-hydrogen) atoms. The first-order valence-corrected chi connectivity index (χ1v) is 8.61. The molecule has 6 nitrogen and oxygen atoms in total. The first-order valence-electron chi connectivity index (χ1n) is 5.77. The Morgan fingerprint density at radius 2 is 2.00 bits per heavy atom. The number of alkyl halides is 3. The van der Waals surface area contributed by atoms with Crippen molar-refractivity contribution in [3.63, 3.8) is 0 Å². The van der Waals surface area contributed by atoms with E-state index >= 15 is 0 Å². The fourth-order valence-corrected chi connectivity index (χ4v) is 3.52. The van der Waals surface area contributed by atoms with E-state index in [1.807, 2.05) is 5.32 Å². The summed E-state index contributed by atoms with van der Waals surface area (Å²) in [6, 6.07) is 5.27. The molecule has 0 atom stereocenters. The van der Waals surface area contributed by atoms with Crippen LogP contribution in [0.1, 0.15) is 5.01 Å². The van der Waals surface area contributed by atoms with E-state index in [0.717, 1.165) is 6.07 Å². The molecule has 0 fully saturated rings. The Labute approximate surface area is 137 Å². The molecule has 0 aliphatic heterocycles. The third-order valence-corrected chi connectivity index (χ3v) is 5.12. The third kappa shape index (κ3) is 4.62. The zero-order valence-corrected chi connectivity index (χ0v) is 13.4. The first kappa shape index (κ1) is 17.6. The molecule has 1 amide bonds. The normalized spacial score (nSPS) is 12.2. The maximum Gasteiger partial charge on any atom is 0.445 e. The number of halogens is 4. The number of nitrogens with one attached hydrogen (secondary N) is 1. The van der Waals surface area contributed by atoms with Gasteiger partial charge in [0.05, 0.1) is 4.90 Å². The van der Waals surface area contributed by atoms with Crippen LogP contribution in [0.4, 0.5) is 18.3 Å². The van der Waals surface area contributed by atoms with Gasteiger partial charge in [0, 0.05) is 5.02 Å². The van der Waals surface area contributed by atoms with Crippen LogP contribution in [0.15, 0.2) is 29.2 Å². The van der Waals surface area contributed by atoms with Crippen molar-refractivity contribution in [1.82, 2.24) is 10.2 Å². The van der Waals surface area contributed by atoms with Crippen LogP contribution in [0.3, 0.4) is 0 Å². The predicted molar refractivity (Wildman–Crippen MR) is 77.0 cm³/mol. The second-order valence-corrected chi connectivity index (χ2v) is 7.58. The number of rotatable bonds is 4. The molecule has 0 unspecified atom stereocenters. The minimum absolute atomic E-state index is 0.0973. The van der Waals surface area contributed by atoms with E-state index in [0.29, 0.717) is 0 Å². The molecule has 1 aromatic carbocycles. The SMILES string of the molecule is O=C(CS(=O)(=O)c1cccc(Cl)c1)Nc1nnc(C(F)(F)F)s1. The van der Waals surface area contributed by atoms with E-state index in [4.69, 9.17) is 11.6 Å². The standard InChI is InChI=1S/C11H7ClF3N3O3S2/c12-6-2-1-3-7(4-6)23(20,21)5-8(19)16-10-18-17-9(22-10)11(13,14)15/h1-4H,5H2,(H,16,18,19). The summed E-state index contributed by atoms with van der Waals surface area (Å²) in [5, 5.41) is 6.46. The Hall–Kier alpha value is -1.72. The molecule has 0 radical (unpaired) electrons. The number of nitrogens with zero attached hydrogens (tertiary/aromatic N) is 2. The van der Waals surface area contributed by atoms with Crippen LogP contribution in [-0.2, 0) is 20.8 Å². The highest BCUT2D eigenvalue weighted by Gasteiger charge is 2.36. The maximum absolute atomic E-state index is 12.4. The van der Waals surface area contributed by atoms with Gasteiger partial charge >= 0.3 is 6.18 Å². The van der Waals surface area contributed by atoms with Crippen LogP contribution >= 0.6 is 22.9 Å². The van der Waals surface area contributed by atoms with Gasteiger partial charge in [-0.15, -0.1) is 10.2 Å². The average Bonchev–Trinajstić information content (AvgIpc) is 2.86. The Morgan fingerprint density at radius 3 is 2.57 bits per heavy atom. The second kappa shape index (κ2) is 6.42. The van der Waals surface area contributed by atoms with Crippen LogP contribution in [0, 0.1) is 0 Å². The largest absolute Gasteiger partial charge is 0.445 e. The number of carbonyl (C=O) groups is 1. The molecular formula is C11H7ClF3N3O3S2. The smallest absolute Gasteiger partial charge is 0.300 e. The number of carbonyl (C=O) groups excluding carboxylic acids is 1. The summed E-state index contributed by atoms with van der Waals surface area (Å²) in [7, 11) is -3.99. The van der Waals surface area contributed by atoms with Crippen molar-refractivity contribution < 1.29 is 26.4 Å². The molecule has 0 aliphatic carbocycles. The zero-order valence-electron chi connectivity index (χ0n) is 11.0. The van der Waals surface area contributed by atoms with Crippen LogP contribution in [-0.4, -0.2) is 30.3 Å². The van der Waals surface area contributed by atoms with Gasteiger partial charge in [0.2, 0.25) is 16.0 Å². The van der Waals surface area contributed by atoms with E-state index in [2.05, 4.69) is 10.2 Å². The monoisotopic (exact) mass is 385 g/mol. The second-order valence-electron chi connectivity index (χ2n) is 4.17. The molecule has 2 rings (SSSR count). The van der Waals surface area contributed by atoms with Crippen molar-refractivity contribution in [2.45, 2.75) is 11.1 Å². The van der Waals surface area contributed by atoms with Gasteiger partial charge in [-0.2, -0.15) is 13.2 Å². The van der Waals surface area contributed by atoms with Gasteiger partial charge in [-0.3, -0.25) is 10.1 Å². The van der Waals surface area contributed by atoms with Crippen molar-refractivity contribution in [3.8, 4) is 0 Å². The van der Waals surface area contributed by atoms with Crippen molar-refractivity contribution in [2.24, 2.45) is 0 Å². The summed E-state index contributed by atoms with van der Waals surface area (Å²) >= 11 is 5.77. The minimum Gasteiger partial charge on any atom is -0.300 e. The lowest BCUT2D eigenvalue weighted by atomic mass is 10.4. The number of sulfone groups is 1. The molecule has 0 spiro atoms. The molecule has 12 heteroatoms. The number of benzene rings is 1. The van der Waals surface area contributed by atoms with E-state index < -0.39 is 37.8 Å². The summed E-state index contributed by atoms with van der Waals surface area (Å²) in [5.41, 5.74) is 0. The van der Waals surface area contributed by atoms with Crippen molar-refractivity contribution in [2.75, 3.05) is 11.1 Å². The van der Waals surface area contributed by atoms with Gasteiger partial charge in [0.25, 0.3) is 0 Å². The van der Waals surface area contributed by atoms with Gasteiger partial charge < -0.3 is 0 Å². The van der Waals surface area contributed by atoms with E-state index in [-0.39, 0.29) is 21.3 Å². The summed E-state index contributed by atoms with van der Waals surface area (Å²) in [5.74, 6) is -2.00. The number of hydrogen-bond acceptors (Lipinski definition) is 6. The topological polar surface area (TPSA) is 89.0 Å². The molecule has 0 aliphatic rings. The number of anilines is 1. The van der Waals surface area contributed by atoms with E-state index in [9.17, 15) is 26.4 Å². The van der Waals surface area contributed by atoms with Gasteiger partial charge in [0.1, 0.15) is 5.75 Å². The lowest BCUT2D eigenvalue weighted by molar-refractivity contribution is -0.138. The van der Waals surface area contributed by atoms with Gasteiger partial charge in [-0.1, -0.05) is 29.0 Å². The van der Waals surface area contributed by atoms with Gasteiger partial charge in [-0.05, 0) is 18.2 Å². The lowest BCUT2D eigenvalue weighted by Crippen LogP contribution is -2.23. The highest BCUT2D eigenvalue weighted by atomic mass is 35.5. The molecule has 124 valence electrons. The Bertz CT molecular complexity index is 836. The summed E-state index contributed by atoms with van der Waals surface area (Å²) in [6.45, 7) is 0. The Kier molecular flexibility index (Phi) is 4.92. The van der Waals surface area contributed by atoms with E-state index in [1.165, 1.54) is 18.2 Å². The maximum atomic E-state index is 12.4. The molecule has 0 saturated carbocycles. The van der Waals surface area contributed by atoms with Gasteiger partial charge in [-0.25, -0.2) is 8.42 Å². The van der Waals surface area contributed by atoms with Crippen molar-refractivity contribution in [1.29, 1.82) is 0 Å². The fourth-order valence-electron chi connectivity index (χ4n) is 1.46. The summed E-state index contributed by atoms with van der Waals surface area (Å²) < 4.78 is 61.1. The molecular weight excluding hydrogens is 379 g/mol.